The van der Waals surface area contributed by atoms with E-state index in [1.54, 1.807) is 6.08 Å². The summed E-state index contributed by atoms with van der Waals surface area (Å²) >= 11 is 0. The first-order chi connectivity index (χ1) is 9.39. The number of ether oxygens (including phenoxy) is 1. The standard InChI is InChI=1S/C17H21NO2/c1-11-5-6-14(12(2)7-11)15-8-13-9-16(19)20-17(13,3)10-18(15)4/h5-7,9,15H,8,10H2,1-4H3. The van der Waals surface area contributed by atoms with Crippen LogP contribution in [0.2, 0.25) is 0 Å². The van der Waals surface area contributed by atoms with Gasteiger partial charge in [-0.2, -0.15) is 0 Å². The second-order valence-electron chi connectivity index (χ2n) is 6.32. The van der Waals surface area contributed by atoms with Crippen molar-refractivity contribution in [2.75, 3.05) is 13.6 Å². The molecule has 2 atom stereocenters. The highest BCUT2D eigenvalue weighted by Crippen LogP contribution is 2.43. The lowest BCUT2D eigenvalue weighted by Crippen LogP contribution is -2.47. The van der Waals surface area contributed by atoms with Crippen LogP contribution in [-0.2, 0) is 9.53 Å². The summed E-state index contributed by atoms with van der Waals surface area (Å²) in [6.45, 7) is 7.04. The fourth-order valence-electron chi connectivity index (χ4n) is 3.52. The third-order valence-electron chi connectivity index (χ3n) is 4.58. The van der Waals surface area contributed by atoms with Crippen LogP contribution >= 0.6 is 0 Å². The molecule has 3 heteroatoms. The minimum atomic E-state index is -0.430. The van der Waals surface area contributed by atoms with E-state index in [-0.39, 0.29) is 5.97 Å². The molecule has 0 amide bonds. The molecule has 1 fully saturated rings. The molecule has 2 heterocycles. The molecule has 1 aromatic carbocycles. The predicted molar refractivity (Wildman–Crippen MR) is 78.5 cm³/mol. The number of aryl methyl sites for hydroxylation is 2. The third kappa shape index (κ3) is 2.06. The number of hydrogen-bond acceptors (Lipinski definition) is 3. The van der Waals surface area contributed by atoms with Gasteiger partial charge in [0.1, 0.15) is 5.60 Å². The van der Waals surface area contributed by atoms with Crippen molar-refractivity contribution in [1.29, 1.82) is 0 Å². The van der Waals surface area contributed by atoms with Crippen molar-refractivity contribution in [2.45, 2.75) is 38.8 Å². The Hall–Kier alpha value is -1.61. The summed E-state index contributed by atoms with van der Waals surface area (Å²) in [4.78, 5) is 13.9. The first-order valence-electron chi connectivity index (χ1n) is 7.10. The molecule has 2 aliphatic rings. The minimum absolute atomic E-state index is 0.197. The Labute approximate surface area is 120 Å². The average Bonchev–Trinajstić information content (AvgIpc) is 2.61. The van der Waals surface area contributed by atoms with Crippen LogP contribution in [-0.4, -0.2) is 30.1 Å². The Bertz CT molecular complexity index is 605. The van der Waals surface area contributed by atoms with E-state index in [1.807, 2.05) is 6.92 Å². The highest BCUT2D eigenvalue weighted by molar-refractivity contribution is 5.87. The maximum absolute atomic E-state index is 11.6. The van der Waals surface area contributed by atoms with Crippen LogP contribution in [0.5, 0.6) is 0 Å². The summed E-state index contributed by atoms with van der Waals surface area (Å²) in [6, 6.07) is 6.92. The van der Waals surface area contributed by atoms with E-state index in [1.165, 1.54) is 16.7 Å². The maximum atomic E-state index is 11.6. The van der Waals surface area contributed by atoms with Gasteiger partial charge in [0.2, 0.25) is 0 Å². The summed E-state index contributed by atoms with van der Waals surface area (Å²) in [7, 11) is 2.11. The topological polar surface area (TPSA) is 29.5 Å². The monoisotopic (exact) mass is 271 g/mol. The number of hydrogen-bond donors (Lipinski definition) is 0. The van der Waals surface area contributed by atoms with Gasteiger partial charge in [-0.05, 0) is 50.9 Å². The first-order valence-corrected chi connectivity index (χ1v) is 7.10. The van der Waals surface area contributed by atoms with Crippen LogP contribution < -0.4 is 0 Å². The van der Waals surface area contributed by atoms with Crippen molar-refractivity contribution >= 4 is 5.97 Å². The van der Waals surface area contributed by atoms with Gasteiger partial charge < -0.3 is 4.74 Å². The summed E-state index contributed by atoms with van der Waals surface area (Å²) < 4.78 is 5.48. The predicted octanol–water partition coefficient (Wildman–Crippen LogP) is 2.92. The van der Waals surface area contributed by atoms with Crippen molar-refractivity contribution < 1.29 is 9.53 Å². The highest BCUT2D eigenvalue weighted by Gasteiger charge is 2.45. The minimum Gasteiger partial charge on any atom is -0.450 e. The zero-order valence-corrected chi connectivity index (χ0v) is 12.6. The number of piperidine rings is 1. The normalized spacial score (nSPS) is 29.9. The van der Waals surface area contributed by atoms with Crippen LogP contribution in [0.1, 0.15) is 36.1 Å². The fraction of sp³-hybridized carbons (Fsp3) is 0.471. The van der Waals surface area contributed by atoms with Crippen molar-refractivity contribution in [3.63, 3.8) is 0 Å². The molecule has 0 bridgehead atoms. The molecule has 1 saturated heterocycles. The van der Waals surface area contributed by atoms with E-state index in [0.29, 0.717) is 6.04 Å². The zero-order chi connectivity index (χ0) is 14.5. The molecule has 0 N–H and O–H groups in total. The van der Waals surface area contributed by atoms with Crippen molar-refractivity contribution in [2.24, 2.45) is 0 Å². The lowest BCUT2D eigenvalue weighted by molar-refractivity contribution is -0.147. The van der Waals surface area contributed by atoms with Crippen LogP contribution in [0.3, 0.4) is 0 Å². The lowest BCUT2D eigenvalue weighted by Gasteiger charge is -2.42. The van der Waals surface area contributed by atoms with Gasteiger partial charge in [0.25, 0.3) is 0 Å². The van der Waals surface area contributed by atoms with E-state index < -0.39 is 5.60 Å². The Kier molecular flexibility index (Phi) is 2.98. The highest BCUT2D eigenvalue weighted by atomic mass is 16.6. The number of likely N-dealkylation sites (tertiary alicyclic amines) is 1. The summed E-state index contributed by atoms with van der Waals surface area (Å²) in [5.74, 6) is -0.197. The molecule has 0 aromatic heterocycles. The Morgan fingerprint density at radius 3 is 2.80 bits per heavy atom. The molecule has 0 spiro atoms. The number of carbonyl (C=O) groups is 1. The van der Waals surface area contributed by atoms with E-state index in [4.69, 9.17) is 4.74 Å². The number of rotatable bonds is 1. The number of likely N-dealkylation sites (N-methyl/N-ethyl adjacent to an activating group) is 1. The summed E-state index contributed by atoms with van der Waals surface area (Å²) in [5.41, 5.74) is 4.65. The number of nitrogens with zero attached hydrogens (tertiary/aromatic N) is 1. The number of esters is 1. The second kappa shape index (κ2) is 4.45. The molecular formula is C17H21NO2. The van der Waals surface area contributed by atoms with Gasteiger partial charge in [-0.15, -0.1) is 0 Å². The molecule has 3 rings (SSSR count). The lowest BCUT2D eigenvalue weighted by atomic mass is 9.82. The van der Waals surface area contributed by atoms with Crippen LogP contribution in [0.15, 0.2) is 29.8 Å². The van der Waals surface area contributed by atoms with Gasteiger partial charge in [-0.3, -0.25) is 4.90 Å². The molecule has 1 aromatic rings. The fourth-order valence-corrected chi connectivity index (χ4v) is 3.52. The van der Waals surface area contributed by atoms with Gasteiger partial charge in [0, 0.05) is 18.7 Å². The van der Waals surface area contributed by atoms with Gasteiger partial charge >= 0.3 is 5.97 Å². The molecule has 3 nitrogen and oxygen atoms in total. The largest absolute Gasteiger partial charge is 0.450 e. The number of benzene rings is 1. The van der Waals surface area contributed by atoms with E-state index in [9.17, 15) is 4.79 Å². The van der Waals surface area contributed by atoms with Gasteiger partial charge in [0.15, 0.2) is 0 Å². The van der Waals surface area contributed by atoms with Gasteiger partial charge in [0.05, 0.1) is 0 Å². The van der Waals surface area contributed by atoms with Crippen LogP contribution in [0.25, 0.3) is 0 Å². The first kappa shape index (κ1) is 13.4. The molecule has 0 radical (unpaired) electrons. The summed E-state index contributed by atoms with van der Waals surface area (Å²) in [5, 5.41) is 0. The maximum Gasteiger partial charge on any atom is 0.331 e. The van der Waals surface area contributed by atoms with Crippen LogP contribution in [0, 0.1) is 13.8 Å². The molecule has 20 heavy (non-hydrogen) atoms. The molecule has 106 valence electrons. The quantitative estimate of drug-likeness (QED) is 0.736. The Morgan fingerprint density at radius 1 is 1.35 bits per heavy atom. The van der Waals surface area contributed by atoms with E-state index >= 15 is 0 Å². The summed E-state index contributed by atoms with van der Waals surface area (Å²) in [6.07, 6.45) is 2.55. The molecule has 0 saturated carbocycles. The van der Waals surface area contributed by atoms with Gasteiger partial charge in [-0.25, -0.2) is 4.79 Å². The number of carbonyl (C=O) groups excluding carboxylic acids is 1. The van der Waals surface area contributed by atoms with Crippen LogP contribution in [0.4, 0.5) is 0 Å². The Morgan fingerprint density at radius 2 is 2.10 bits per heavy atom. The number of fused-ring (bicyclic) bond motifs is 1. The van der Waals surface area contributed by atoms with E-state index in [2.05, 4.69) is 44.0 Å². The molecule has 2 aliphatic heterocycles. The average molecular weight is 271 g/mol. The van der Waals surface area contributed by atoms with E-state index in [0.717, 1.165) is 18.5 Å². The molecule has 0 aliphatic carbocycles. The SMILES string of the molecule is Cc1ccc(C2CC3=CC(=O)OC3(C)CN2C)c(C)c1. The second-order valence-corrected chi connectivity index (χ2v) is 6.32. The third-order valence-corrected chi connectivity index (χ3v) is 4.58. The van der Waals surface area contributed by atoms with Crippen molar-refractivity contribution in [3.05, 3.63) is 46.5 Å². The smallest absolute Gasteiger partial charge is 0.331 e. The zero-order valence-electron chi connectivity index (χ0n) is 12.6. The van der Waals surface area contributed by atoms with Gasteiger partial charge in [-0.1, -0.05) is 23.8 Å². The molecular weight excluding hydrogens is 250 g/mol. The molecule has 2 unspecified atom stereocenters. The van der Waals surface area contributed by atoms with Crippen molar-refractivity contribution in [1.82, 2.24) is 4.90 Å². The Balaban J connectivity index is 1.95. The van der Waals surface area contributed by atoms with Crippen molar-refractivity contribution in [3.8, 4) is 0 Å².